The molecule has 1 fully saturated rings. The Balaban J connectivity index is 1.87. The molecule has 0 radical (unpaired) electrons. The van der Waals surface area contributed by atoms with Crippen LogP contribution in [-0.4, -0.2) is 57.3 Å². The van der Waals surface area contributed by atoms with Crippen molar-refractivity contribution in [3.63, 3.8) is 0 Å². The summed E-state index contributed by atoms with van der Waals surface area (Å²) in [7, 11) is 0. The predicted octanol–water partition coefficient (Wildman–Crippen LogP) is 3.53. The third-order valence-electron chi connectivity index (χ3n) is 6.09. The lowest BCUT2D eigenvalue weighted by atomic mass is 9.92. The van der Waals surface area contributed by atoms with E-state index in [1.807, 2.05) is 23.6 Å². The molecule has 7 nitrogen and oxygen atoms in total. The van der Waals surface area contributed by atoms with Crippen LogP contribution >= 0.6 is 11.3 Å². The number of aryl methyl sites for hydroxylation is 1. The smallest absolute Gasteiger partial charge is 0.264 e. The minimum absolute atomic E-state index is 0.0165. The second kappa shape index (κ2) is 9.94. The molecule has 0 bridgehead atoms. The van der Waals surface area contributed by atoms with Gasteiger partial charge in [-0.15, -0.1) is 11.3 Å². The number of nitrogens with zero attached hydrogens (tertiary/aromatic N) is 4. The number of amides is 2. The van der Waals surface area contributed by atoms with E-state index in [9.17, 15) is 14.4 Å². The van der Waals surface area contributed by atoms with E-state index in [1.165, 1.54) is 22.2 Å². The second-order valence-corrected chi connectivity index (χ2v) is 9.90. The van der Waals surface area contributed by atoms with Crippen molar-refractivity contribution in [1.29, 1.82) is 0 Å². The molecule has 1 aliphatic heterocycles. The summed E-state index contributed by atoms with van der Waals surface area (Å²) in [5.41, 5.74) is 0.417. The van der Waals surface area contributed by atoms with E-state index in [1.54, 1.807) is 0 Å². The van der Waals surface area contributed by atoms with Crippen LogP contribution in [0.2, 0.25) is 0 Å². The number of thiophene rings is 1. The summed E-state index contributed by atoms with van der Waals surface area (Å²) in [6.45, 7) is 13.0. The number of aromatic nitrogens is 2. The van der Waals surface area contributed by atoms with Crippen molar-refractivity contribution in [2.75, 3.05) is 26.2 Å². The SMILES string of the molecule is CCCCN(CC)C(=O)c1sc2ncn(CC(=O)N3C[C@H](C)C[C@@H](C)C3)c(=O)c2c1C. The van der Waals surface area contributed by atoms with Crippen molar-refractivity contribution >= 4 is 33.4 Å². The van der Waals surface area contributed by atoms with Crippen LogP contribution in [-0.2, 0) is 11.3 Å². The molecule has 8 heteroatoms. The summed E-state index contributed by atoms with van der Waals surface area (Å²) in [6.07, 6.45) is 4.53. The molecule has 0 saturated carbocycles. The Morgan fingerprint density at radius 2 is 1.90 bits per heavy atom. The number of piperidine rings is 1. The van der Waals surface area contributed by atoms with Crippen molar-refractivity contribution in [2.24, 2.45) is 11.8 Å². The van der Waals surface area contributed by atoms with E-state index in [0.29, 0.717) is 45.6 Å². The predicted molar refractivity (Wildman–Crippen MR) is 125 cm³/mol. The summed E-state index contributed by atoms with van der Waals surface area (Å²) >= 11 is 1.27. The van der Waals surface area contributed by atoms with Crippen molar-refractivity contribution in [3.05, 3.63) is 27.1 Å². The summed E-state index contributed by atoms with van der Waals surface area (Å²) in [4.78, 5) is 48.3. The van der Waals surface area contributed by atoms with Crippen LogP contribution in [0.1, 0.15) is 62.2 Å². The average Bonchev–Trinajstić information content (AvgIpc) is 3.06. The van der Waals surface area contributed by atoms with Gasteiger partial charge in [0.1, 0.15) is 11.4 Å². The monoisotopic (exact) mass is 446 g/mol. The van der Waals surface area contributed by atoms with Crippen LogP contribution in [0.25, 0.3) is 10.2 Å². The quantitative estimate of drug-likeness (QED) is 0.652. The minimum atomic E-state index is -0.249. The van der Waals surface area contributed by atoms with Gasteiger partial charge in [-0.3, -0.25) is 19.0 Å². The van der Waals surface area contributed by atoms with E-state index >= 15 is 0 Å². The topological polar surface area (TPSA) is 75.5 Å². The number of carbonyl (C=O) groups is 2. The minimum Gasteiger partial charge on any atom is -0.341 e. The van der Waals surface area contributed by atoms with E-state index in [0.717, 1.165) is 32.4 Å². The molecular weight excluding hydrogens is 412 g/mol. The Hall–Kier alpha value is -2.22. The number of carbonyl (C=O) groups excluding carboxylic acids is 2. The zero-order valence-electron chi connectivity index (χ0n) is 19.3. The summed E-state index contributed by atoms with van der Waals surface area (Å²) in [5.74, 6) is 0.830. The largest absolute Gasteiger partial charge is 0.341 e. The molecule has 1 aliphatic rings. The highest BCUT2D eigenvalue weighted by Crippen LogP contribution is 2.28. The second-order valence-electron chi connectivity index (χ2n) is 8.90. The fraction of sp³-hybridized carbons (Fsp3) is 0.652. The maximum atomic E-state index is 13.2. The lowest BCUT2D eigenvalue weighted by molar-refractivity contribution is -0.134. The van der Waals surface area contributed by atoms with E-state index in [2.05, 4.69) is 25.8 Å². The fourth-order valence-corrected chi connectivity index (χ4v) is 5.59. The number of fused-ring (bicyclic) bond motifs is 1. The molecule has 2 atom stereocenters. The molecular formula is C23H34N4O3S. The molecule has 0 unspecified atom stereocenters. The van der Waals surface area contributed by atoms with Gasteiger partial charge < -0.3 is 9.80 Å². The third-order valence-corrected chi connectivity index (χ3v) is 7.28. The van der Waals surface area contributed by atoms with Crippen molar-refractivity contribution in [1.82, 2.24) is 19.4 Å². The van der Waals surface area contributed by atoms with Crippen LogP contribution in [0.5, 0.6) is 0 Å². The number of hydrogen-bond acceptors (Lipinski definition) is 5. The van der Waals surface area contributed by atoms with Gasteiger partial charge in [0.25, 0.3) is 11.5 Å². The standard InChI is InChI=1S/C23H34N4O3S/c1-6-8-9-25(7-2)23(30)20-17(5)19-21(31-20)24-14-27(22(19)29)13-18(28)26-11-15(3)10-16(4)12-26/h14-16H,6-13H2,1-5H3/t15-,16-/m1/s1. The molecule has 1 saturated heterocycles. The average molecular weight is 447 g/mol. The van der Waals surface area contributed by atoms with Gasteiger partial charge in [0.2, 0.25) is 5.91 Å². The summed E-state index contributed by atoms with van der Waals surface area (Å²) < 4.78 is 1.39. The number of unbranched alkanes of at least 4 members (excludes halogenated alkanes) is 1. The first-order chi connectivity index (χ1) is 14.8. The molecule has 0 aliphatic carbocycles. The van der Waals surface area contributed by atoms with E-state index in [4.69, 9.17) is 0 Å². The third kappa shape index (κ3) is 5.00. The van der Waals surface area contributed by atoms with E-state index in [-0.39, 0.29) is 23.9 Å². The van der Waals surface area contributed by atoms with Gasteiger partial charge in [0.15, 0.2) is 0 Å². The molecule has 170 valence electrons. The van der Waals surface area contributed by atoms with Crippen molar-refractivity contribution < 1.29 is 9.59 Å². The fourth-order valence-electron chi connectivity index (χ4n) is 4.48. The first-order valence-electron chi connectivity index (χ1n) is 11.3. The van der Waals surface area contributed by atoms with Crippen LogP contribution in [0.3, 0.4) is 0 Å². The normalized spacial score (nSPS) is 19.1. The zero-order valence-corrected chi connectivity index (χ0v) is 20.1. The first-order valence-corrected chi connectivity index (χ1v) is 12.1. The van der Waals surface area contributed by atoms with Crippen LogP contribution < -0.4 is 5.56 Å². The molecule has 2 aromatic heterocycles. The summed E-state index contributed by atoms with van der Waals surface area (Å²) in [5, 5.41) is 0.454. The molecule has 31 heavy (non-hydrogen) atoms. The molecule has 0 N–H and O–H groups in total. The molecule has 3 heterocycles. The Morgan fingerprint density at radius 1 is 1.23 bits per heavy atom. The number of rotatable bonds is 7. The van der Waals surface area contributed by atoms with Gasteiger partial charge in [0, 0.05) is 26.2 Å². The Morgan fingerprint density at radius 3 is 2.52 bits per heavy atom. The van der Waals surface area contributed by atoms with Crippen molar-refractivity contribution in [3.8, 4) is 0 Å². The summed E-state index contributed by atoms with van der Waals surface area (Å²) in [6, 6.07) is 0. The highest BCUT2D eigenvalue weighted by molar-refractivity contribution is 7.20. The molecule has 0 aromatic carbocycles. The maximum absolute atomic E-state index is 13.2. The van der Waals surface area contributed by atoms with E-state index < -0.39 is 0 Å². The maximum Gasteiger partial charge on any atom is 0.264 e. The lowest BCUT2D eigenvalue weighted by Crippen LogP contribution is -2.44. The molecule has 2 amide bonds. The first kappa shape index (κ1) is 23.4. The van der Waals surface area contributed by atoms with Crippen LogP contribution in [0, 0.1) is 18.8 Å². The van der Waals surface area contributed by atoms with Gasteiger partial charge in [-0.1, -0.05) is 27.2 Å². The van der Waals surface area contributed by atoms with Gasteiger partial charge in [0.05, 0.1) is 16.6 Å². The van der Waals surface area contributed by atoms with Gasteiger partial charge >= 0.3 is 0 Å². The molecule has 0 spiro atoms. The zero-order chi connectivity index (χ0) is 22.7. The van der Waals surface area contributed by atoms with Crippen LogP contribution in [0.15, 0.2) is 11.1 Å². The Labute approximate surface area is 188 Å². The highest BCUT2D eigenvalue weighted by Gasteiger charge is 2.27. The van der Waals surface area contributed by atoms with Crippen LogP contribution in [0.4, 0.5) is 0 Å². The van der Waals surface area contributed by atoms with Gasteiger partial charge in [-0.25, -0.2) is 4.98 Å². The molecule has 2 aromatic rings. The Kier molecular flexibility index (Phi) is 7.51. The van der Waals surface area contributed by atoms with Gasteiger partial charge in [-0.05, 0) is 44.1 Å². The molecule has 3 rings (SSSR count). The Bertz CT molecular complexity index is 1000. The van der Waals surface area contributed by atoms with Crippen molar-refractivity contribution in [2.45, 2.75) is 60.4 Å². The highest BCUT2D eigenvalue weighted by atomic mass is 32.1. The van der Waals surface area contributed by atoms with Gasteiger partial charge in [-0.2, -0.15) is 0 Å². The number of likely N-dealkylation sites (tertiary alicyclic amines) is 1. The lowest BCUT2D eigenvalue weighted by Gasteiger charge is -2.35. The number of hydrogen-bond donors (Lipinski definition) is 0.